The molecule has 1 saturated heterocycles. The third kappa shape index (κ3) is 3.36. The summed E-state index contributed by atoms with van der Waals surface area (Å²) in [5, 5.41) is 0. The van der Waals surface area contributed by atoms with Crippen LogP contribution in [0, 0.1) is 25.7 Å². The molecule has 2 aliphatic rings. The highest BCUT2D eigenvalue weighted by molar-refractivity contribution is 6.07. The maximum Gasteiger partial charge on any atom is 0.326 e. The number of Topliss-reactive ketones (excluding diaryl/α,β-unsaturated/α-hetero) is 1. The molecule has 1 aromatic heterocycles. The lowest BCUT2D eigenvalue weighted by Crippen LogP contribution is -2.37. The summed E-state index contributed by atoms with van der Waals surface area (Å²) in [5.41, 5.74) is 2.04. The molecule has 1 aromatic rings. The average Bonchev–Trinajstić information content (AvgIpc) is 3.05. The number of ketones is 1. The van der Waals surface area contributed by atoms with Gasteiger partial charge >= 0.3 is 5.97 Å². The number of nitrogens with one attached hydrogen (secondary N) is 1. The molecule has 0 bridgehead atoms. The number of esters is 1. The van der Waals surface area contributed by atoms with Crippen molar-refractivity contribution in [2.45, 2.75) is 39.5 Å². The van der Waals surface area contributed by atoms with Crippen LogP contribution in [0.3, 0.4) is 0 Å². The SMILES string of the molecule is Cc1cc(C(=O)COC(=O)CN2C(=O)[C@H]3CCCC[C@H]3C2=O)c(C)[nH]1. The van der Waals surface area contributed by atoms with Crippen LogP contribution < -0.4 is 0 Å². The third-order valence-electron chi connectivity index (χ3n) is 5.03. The molecule has 1 N–H and O–H groups in total. The van der Waals surface area contributed by atoms with E-state index in [-0.39, 0.29) is 29.4 Å². The van der Waals surface area contributed by atoms with Crippen molar-refractivity contribution in [1.29, 1.82) is 0 Å². The first kappa shape index (κ1) is 17.4. The molecule has 1 saturated carbocycles. The first-order chi connectivity index (χ1) is 11.9. The second-order valence-corrected chi connectivity index (χ2v) is 6.83. The Kier molecular flexibility index (Phi) is 4.74. The first-order valence-electron chi connectivity index (χ1n) is 8.58. The normalized spacial score (nSPS) is 22.9. The fraction of sp³-hybridized carbons (Fsp3) is 0.556. The highest BCUT2D eigenvalue weighted by Gasteiger charge is 2.48. The first-order valence-corrected chi connectivity index (χ1v) is 8.58. The molecule has 2 fully saturated rings. The number of hydrogen-bond donors (Lipinski definition) is 1. The Bertz CT molecular complexity index is 712. The topological polar surface area (TPSA) is 96.5 Å². The third-order valence-corrected chi connectivity index (χ3v) is 5.03. The molecule has 1 aliphatic heterocycles. The summed E-state index contributed by atoms with van der Waals surface area (Å²) in [6.07, 6.45) is 3.27. The number of likely N-dealkylation sites (tertiary alicyclic amines) is 1. The van der Waals surface area contributed by atoms with Gasteiger partial charge in [0.2, 0.25) is 17.6 Å². The number of aromatic amines is 1. The average molecular weight is 346 g/mol. The van der Waals surface area contributed by atoms with Crippen LogP contribution in [0.5, 0.6) is 0 Å². The molecule has 7 nitrogen and oxygen atoms in total. The van der Waals surface area contributed by atoms with Crippen molar-refractivity contribution in [1.82, 2.24) is 9.88 Å². The number of carbonyl (C=O) groups excluding carboxylic acids is 4. The standard InChI is InChI=1S/C18H22N2O5/c1-10-7-14(11(2)19-10)15(21)9-25-16(22)8-20-17(23)12-5-3-4-6-13(12)18(20)24/h7,12-13,19H,3-6,8-9H2,1-2H3/t12-,13+. The molecule has 2 amide bonds. The van der Waals surface area contributed by atoms with Crippen LogP contribution in [0.4, 0.5) is 0 Å². The molecule has 2 heterocycles. The molecule has 134 valence electrons. The minimum Gasteiger partial charge on any atom is -0.456 e. The quantitative estimate of drug-likeness (QED) is 0.495. The van der Waals surface area contributed by atoms with Gasteiger partial charge in [0, 0.05) is 17.0 Å². The molecule has 7 heteroatoms. The van der Waals surface area contributed by atoms with E-state index in [2.05, 4.69) is 4.98 Å². The summed E-state index contributed by atoms with van der Waals surface area (Å²) < 4.78 is 4.99. The Balaban J connectivity index is 1.56. The molecule has 2 atom stereocenters. The molecule has 1 aliphatic carbocycles. The van der Waals surface area contributed by atoms with Crippen molar-refractivity contribution in [2.24, 2.45) is 11.8 Å². The van der Waals surface area contributed by atoms with Crippen LogP contribution in [0.15, 0.2) is 6.07 Å². The molecule has 3 rings (SSSR count). The lowest BCUT2D eigenvalue weighted by atomic mass is 9.81. The van der Waals surface area contributed by atoms with Crippen LogP contribution in [0.25, 0.3) is 0 Å². The van der Waals surface area contributed by atoms with E-state index in [0.29, 0.717) is 24.1 Å². The van der Waals surface area contributed by atoms with E-state index in [1.165, 1.54) is 0 Å². The molecule has 0 radical (unpaired) electrons. The van der Waals surface area contributed by atoms with Crippen LogP contribution >= 0.6 is 0 Å². The second kappa shape index (κ2) is 6.82. The Labute approximate surface area is 145 Å². The van der Waals surface area contributed by atoms with Gasteiger partial charge in [-0.15, -0.1) is 0 Å². The number of carbonyl (C=O) groups is 4. The maximum absolute atomic E-state index is 12.3. The molecular weight excluding hydrogens is 324 g/mol. The maximum atomic E-state index is 12.3. The van der Waals surface area contributed by atoms with Gasteiger partial charge in [-0.25, -0.2) is 0 Å². The highest BCUT2D eigenvalue weighted by Crippen LogP contribution is 2.37. The number of imide groups is 1. The molecule has 0 unspecified atom stereocenters. The monoisotopic (exact) mass is 346 g/mol. The van der Waals surface area contributed by atoms with Crippen LogP contribution in [-0.2, 0) is 19.1 Å². The van der Waals surface area contributed by atoms with Crippen LogP contribution in [0.2, 0.25) is 0 Å². The van der Waals surface area contributed by atoms with E-state index in [4.69, 9.17) is 4.74 Å². The predicted octanol–water partition coefficient (Wildman–Crippen LogP) is 1.53. The zero-order valence-corrected chi connectivity index (χ0v) is 14.5. The van der Waals surface area contributed by atoms with Gasteiger partial charge in [-0.2, -0.15) is 0 Å². The molecular formula is C18H22N2O5. The van der Waals surface area contributed by atoms with Gasteiger partial charge in [-0.3, -0.25) is 24.1 Å². The summed E-state index contributed by atoms with van der Waals surface area (Å²) >= 11 is 0. The van der Waals surface area contributed by atoms with Gasteiger partial charge in [0.05, 0.1) is 11.8 Å². The van der Waals surface area contributed by atoms with Gasteiger partial charge in [-0.1, -0.05) is 12.8 Å². The van der Waals surface area contributed by atoms with Gasteiger partial charge in [0.25, 0.3) is 0 Å². The number of hydrogen-bond acceptors (Lipinski definition) is 5. The summed E-state index contributed by atoms with van der Waals surface area (Å²) in [5.74, 6) is -2.20. The van der Waals surface area contributed by atoms with Gasteiger partial charge in [0.15, 0.2) is 6.61 Å². The zero-order chi connectivity index (χ0) is 18.1. The number of nitrogens with zero attached hydrogens (tertiary/aromatic N) is 1. The van der Waals surface area contributed by atoms with Crippen molar-refractivity contribution in [3.05, 3.63) is 23.0 Å². The Morgan fingerprint density at radius 2 is 1.76 bits per heavy atom. The van der Waals surface area contributed by atoms with Crippen molar-refractivity contribution in [3.8, 4) is 0 Å². The van der Waals surface area contributed by atoms with Crippen molar-refractivity contribution in [3.63, 3.8) is 0 Å². The van der Waals surface area contributed by atoms with Crippen LogP contribution in [0.1, 0.15) is 47.4 Å². The summed E-state index contributed by atoms with van der Waals surface area (Å²) in [6.45, 7) is 2.79. The van der Waals surface area contributed by atoms with E-state index in [1.54, 1.807) is 13.0 Å². The summed E-state index contributed by atoms with van der Waals surface area (Å²) in [7, 11) is 0. The summed E-state index contributed by atoms with van der Waals surface area (Å²) in [4.78, 5) is 52.8. The number of aromatic nitrogens is 1. The van der Waals surface area contributed by atoms with Gasteiger partial charge in [-0.05, 0) is 32.8 Å². The fourth-order valence-corrected chi connectivity index (χ4v) is 3.80. The largest absolute Gasteiger partial charge is 0.456 e. The number of rotatable bonds is 5. The Morgan fingerprint density at radius 1 is 1.16 bits per heavy atom. The predicted molar refractivity (Wildman–Crippen MR) is 87.7 cm³/mol. The van der Waals surface area contributed by atoms with Crippen molar-refractivity contribution >= 4 is 23.6 Å². The fourth-order valence-electron chi connectivity index (χ4n) is 3.80. The minimum absolute atomic E-state index is 0.282. The van der Waals surface area contributed by atoms with E-state index in [9.17, 15) is 19.2 Å². The Hall–Kier alpha value is -2.44. The molecule has 25 heavy (non-hydrogen) atoms. The van der Waals surface area contributed by atoms with Crippen molar-refractivity contribution < 1.29 is 23.9 Å². The van der Waals surface area contributed by atoms with E-state index >= 15 is 0 Å². The number of H-pyrrole nitrogens is 1. The number of ether oxygens (including phenoxy) is 1. The number of amides is 2. The van der Waals surface area contributed by atoms with E-state index < -0.39 is 19.1 Å². The molecule has 0 spiro atoms. The minimum atomic E-state index is -0.737. The number of fused-ring (bicyclic) bond motifs is 1. The zero-order valence-electron chi connectivity index (χ0n) is 14.5. The molecule has 0 aromatic carbocycles. The summed E-state index contributed by atoms with van der Waals surface area (Å²) in [6, 6.07) is 1.70. The van der Waals surface area contributed by atoms with Gasteiger partial charge in [0.1, 0.15) is 6.54 Å². The smallest absolute Gasteiger partial charge is 0.326 e. The van der Waals surface area contributed by atoms with E-state index in [0.717, 1.165) is 23.4 Å². The van der Waals surface area contributed by atoms with E-state index in [1.807, 2.05) is 6.92 Å². The number of aryl methyl sites for hydroxylation is 2. The Morgan fingerprint density at radius 3 is 2.28 bits per heavy atom. The van der Waals surface area contributed by atoms with Gasteiger partial charge < -0.3 is 9.72 Å². The lowest BCUT2D eigenvalue weighted by Gasteiger charge is -2.19. The highest BCUT2D eigenvalue weighted by atomic mass is 16.5. The lowest BCUT2D eigenvalue weighted by molar-refractivity contribution is -0.152. The van der Waals surface area contributed by atoms with Crippen LogP contribution in [-0.4, -0.2) is 46.6 Å². The second-order valence-electron chi connectivity index (χ2n) is 6.83. The van der Waals surface area contributed by atoms with Crippen molar-refractivity contribution in [2.75, 3.05) is 13.2 Å².